The van der Waals surface area contributed by atoms with E-state index in [-0.39, 0.29) is 0 Å². The van der Waals surface area contributed by atoms with Gasteiger partial charge in [-0.2, -0.15) is 0 Å². The molecule has 0 spiro atoms. The molecule has 84 valence electrons. The predicted molar refractivity (Wildman–Crippen MR) is 65.8 cm³/mol. The Bertz CT molecular complexity index is 271. The fourth-order valence-electron chi connectivity index (χ4n) is 1.85. The van der Waals surface area contributed by atoms with Crippen LogP contribution in [-0.4, -0.2) is 30.7 Å². The number of piperidine rings is 1. The average molecular weight is 207 g/mol. The summed E-state index contributed by atoms with van der Waals surface area (Å²) < 4.78 is 0. The maximum Gasteiger partial charge on any atom is 0.0530 e. The van der Waals surface area contributed by atoms with Crippen LogP contribution in [0.3, 0.4) is 0 Å². The van der Waals surface area contributed by atoms with Crippen LogP contribution in [0.15, 0.2) is 29.5 Å². The van der Waals surface area contributed by atoms with Gasteiger partial charge in [-0.3, -0.25) is 4.99 Å². The van der Waals surface area contributed by atoms with E-state index in [2.05, 4.69) is 23.5 Å². The van der Waals surface area contributed by atoms with E-state index >= 15 is 0 Å². The average Bonchev–Trinajstić information content (AvgIpc) is 2.27. The number of rotatable bonds is 3. The highest BCUT2D eigenvalue weighted by Gasteiger charge is 2.19. The van der Waals surface area contributed by atoms with Crippen molar-refractivity contribution in [2.75, 3.05) is 20.1 Å². The Hall–Kier alpha value is -1.09. The largest absolute Gasteiger partial charge is 0.403 e. The van der Waals surface area contributed by atoms with Crippen molar-refractivity contribution < 1.29 is 0 Å². The summed E-state index contributed by atoms with van der Waals surface area (Å²) in [5.74, 6) is 0.550. The van der Waals surface area contributed by atoms with Crippen LogP contribution in [0.25, 0.3) is 0 Å². The number of likely N-dealkylation sites (tertiary alicyclic amines) is 1. The van der Waals surface area contributed by atoms with Crippen LogP contribution in [0.4, 0.5) is 0 Å². The van der Waals surface area contributed by atoms with Crippen LogP contribution in [0, 0.1) is 5.92 Å². The van der Waals surface area contributed by atoms with E-state index in [1.807, 2.05) is 13.0 Å². The highest BCUT2D eigenvalue weighted by atomic mass is 15.1. The Morgan fingerprint density at radius 2 is 2.07 bits per heavy atom. The predicted octanol–water partition coefficient (Wildman–Crippen LogP) is 1.78. The molecule has 0 aromatic heterocycles. The lowest BCUT2D eigenvalue weighted by atomic mass is 9.92. The molecule has 0 atom stereocenters. The van der Waals surface area contributed by atoms with Crippen LogP contribution in [0.1, 0.15) is 19.8 Å². The molecule has 1 aliphatic rings. The van der Waals surface area contributed by atoms with Crippen LogP contribution in [0.2, 0.25) is 0 Å². The molecule has 1 saturated heterocycles. The Labute approximate surface area is 92.4 Å². The molecule has 0 amide bonds. The monoisotopic (exact) mass is 207 g/mol. The number of aliphatic imine (C=N–C) groups is 1. The minimum Gasteiger partial charge on any atom is -0.403 e. The third-order valence-corrected chi connectivity index (χ3v) is 2.89. The molecule has 3 heteroatoms. The van der Waals surface area contributed by atoms with Gasteiger partial charge in [0, 0.05) is 17.8 Å². The number of nitrogens with two attached hydrogens (primary N) is 1. The van der Waals surface area contributed by atoms with E-state index in [0.717, 1.165) is 24.5 Å². The molecular weight excluding hydrogens is 186 g/mol. The second-order valence-corrected chi connectivity index (χ2v) is 4.13. The first-order chi connectivity index (χ1) is 7.17. The molecule has 0 saturated carbocycles. The Morgan fingerprint density at radius 3 is 2.53 bits per heavy atom. The maximum absolute atomic E-state index is 5.41. The van der Waals surface area contributed by atoms with Crippen molar-refractivity contribution in [2.24, 2.45) is 16.6 Å². The fraction of sp³-hybridized carbons (Fsp3) is 0.583. The van der Waals surface area contributed by atoms with Gasteiger partial charge in [0.05, 0.1) is 5.70 Å². The zero-order chi connectivity index (χ0) is 11.3. The Kier molecular flexibility index (Phi) is 4.56. The number of hydrogen-bond donors (Lipinski definition) is 1. The van der Waals surface area contributed by atoms with E-state index in [4.69, 9.17) is 5.73 Å². The lowest BCUT2D eigenvalue weighted by Crippen LogP contribution is -2.33. The van der Waals surface area contributed by atoms with Crippen molar-refractivity contribution >= 4 is 5.71 Å². The van der Waals surface area contributed by atoms with Crippen LogP contribution in [-0.2, 0) is 0 Å². The molecule has 1 heterocycles. The van der Waals surface area contributed by atoms with Crippen molar-refractivity contribution in [2.45, 2.75) is 19.8 Å². The normalized spacial score (nSPS) is 21.7. The minimum atomic E-state index is 0.550. The second kappa shape index (κ2) is 5.71. The third kappa shape index (κ3) is 3.51. The topological polar surface area (TPSA) is 41.6 Å². The van der Waals surface area contributed by atoms with Gasteiger partial charge < -0.3 is 10.6 Å². The van der Waals surface area contributed by atoms with Gasteiger partial charge in [-0.25, -0.2) is 0 Å². The SMILES string of the molecule is C=CC(=N/C(C)=C\N)C1CCN(C)CC1. The Balaban J connectivity index is 2.67. The van der Waals surface area contributed by atoms with Crippen molar-refractivity contribution in [1.29, 1.82) is 0 Å². The molecule has 3 nitrogen and oxygen atoms in total. The summed E-state index contributed by atoms with van der Waals surface area (Å²) in [7, 11) is 2.16. The van der Waals surface area contributed by atoms with E-state index in [9.17, 15) is 0 Å². The van der Waals surface area contributed by atoms with E-state index in [1.165, 1.54) is 12.8 Å². The summed E-state index contributed by atoms with van der Waals surface area (Å²) >= 11 is 0. The summed E-state index contributed by atoms with van der Waals surface area (Å²) in [5, 5.41) is 0. The van der Waals surface area contributed by atoms with Crippen LogP contribution < -0.4 is 5.73 Å². The van der Waals surface area contributed by atoms with Crippen LogP contribution in [0.5, 0.6) is 0 Å². The van der Waals surface area contributed by atoms with E-state index in [1.54, 1.807) is 6.20 Å². The molecule has 1 rings (SSSR count). The first kappa shape index (κ1) is 12.0. The number of nitrogens with zero attached hydrogens (tertiary/aromatic N) is 2. The second-order valence-electron chi connectivity index (χ2n) is 4.13. The summed E-state index contributed by atoms with van der Waals surface area (Å²) in [4.78, 5) is 6.83. The van der Waals surface area contributed by atoms with Crippen molar-refractivity contribution in [1.82, 2.24) is 4.90 Å². The molecule has 1 fully saturated rings. The summed E-state index contributed by atoms with van der Waals surface area (Å²) in [5.41, 5.74) is 7.37. The van der Waals surface area contributed by atoms with Gasteiger partial charge in [-0.15, -0.1) is 0 Å². The minimum absolute atomic E-state index is 0.550. The van der Waals surface area contributed by atoms with Crippen molar-refractivity contribution in [3.8, 4) is 0 Å². The standard InChI is InChI=1S/C12H21N3/c1-4-12(14-10(2)9-13)11-5-7-15(3)8-6-11/h4,9,11H,1,5-8,13H2,2-3H3/b10-9-,14-12?. The number of hydrogen-bond acceptors (Lipinski definition) is 3. The van der Waals surface area contributed by atoms with E-state index < -0.39 is 0 Å². The summed E-state index contributed by atoms with van der Waals surface area (Å²) in [6.45, 7) is 8.03. The lowest BCUT2D eigenvalue weighted by molar-refractivity contribution is 0.252. The van der Waals surface area contributed by atoms with Gasteiger partial charge in [0.25, 0.3) is 0 Å². The molecule has 0 aliphatic carbocycles. The zero-order valence-corrected chi connectivity index (χ0v) is 9.74. The van der Waals surface area contributed by atoms with Gasteiger partial charge in [0.2, 0.25) is 0 Å². The van der Waals surface area contributed by atoms with Gasteiger partial charge >= 0.3 is 0 Å². The van der Waals surface area contributed by atoms with Crippen molar-refractivity contribution in [3.05, 3.63) is 24.6 Å². The lowest BCUT2D eigenvalue weighted by Gasteiger charge is -2.28. The first-order valence-electron chi connectivity index (χ1n) is 5.45. The molecule has 0 bridgehead atoms. The van der Waals surface area contributed by atoms with Crippen molar-refractivity contribution in [3.63, 3.8) is 0 Å². The van der Waals surface area contributed by atoms with Crippen LogP contribution >= 0.6 is 0 Å². The highest BCUT2D eigenvalue weighted by molar-refractivity contribution is 5.97. The third-order valence-electron chi connectivity index (χ3n) is 2.89. The molecule has 15 heavy (non-hydrogen) atoms. The quantitative estimate of drug-likeness (QED) is 0.717. The first-order valence-corrected chi connectivity index (χ1v) is 5.45. The molecule has 0 aromatic carbocycles. The highest BCUT2D eigenvalue weighted by Crippen LogP contribution is 2.19. The van der Waals surface area contributed by atoms with Gasteiger partial charge in [0.1, 0.15) is 0 Å². The molecule has 0 unspecified atom stereocenters. The molecule has 2 N–H and O–H groups in total. The van der Waals surface area contributed by atoms with Gasteiger partial charge in [0.15, 0.2) is 0 Å². The number of allylic oxidation sites excluding steroid dienone is 2. The zero-order valence-electron chi connectivity index (χ0n) is 9.74. The van der Waals surface area contributed by atoms with Gasteiger partial charge in [-0.1, -0.05) is 6.58 Å². The van der Waals surface area contributed by atoms with E-state index in [0.29, 0.717) is 5.92 Å². The molecular formula is C12H21N3. The molecule has 0 aromatic rings. The summed E-state index contributed by atoms with van der Waals surface area (Å²) in [6.07, 6.45) is 5.74. The smallest absolute Gasteiger partial charge is 0.0530 e. The maximum atomic E-state index is 5.41. The molecule has 1 aliphatic heterocycles. The summed E-state index contributed by atoms with van der Waals surface area (Å²) in [6, 6.07) is 0. The fourth-order valence-corrected chi connectivity index (χ4v) is 1.85. The molecule has 0 radical (unpaired) electrons. The Morgan fingerprint density at radius 1 is 1.47 bits per heavy atom. The van der Waals surface area contributed by atoms with Gasteiger partial charge in [-0.05, 0) is 46.0 Å².